The summed E-state index contributed by atoms with van der Waals surface area (Å²) in [7, 11) is 0. The van der Waals surface area contributed by atoms with Crippen LogP contribution in [-0.4, -0.2) is 22.6 Å². The molecular formula is C14H26N4. The molecule has 1 rings (SSSR count). The quantitative estimate of drug-likeness (QED) is 0.811. The van der Waals surface area contributed by atoms with Gasteiger partial charge in [0.25, 0.3) is 0 Å². The Kier molecular flexibility index (Phi) is 5.38. The van der Waals surface area contributed by atoms with Crippen LogP contribution in [0.3, 0.4) is 0 Å². The molecule has 1 aromatic rings. The summed E-state index contributed by atoms with van der Waals surface area (Å²) in [4.78, 5) is 9.09. The molecule has 0 aliphatic carbocycles. The van der Waals surface area contributed by atoms with Crippen molar-refractivity contribution in [1.29, 1.82) is 0 Å². The first-order valence-electron chi connectivity index (χ1n) is 6.83. The highest BCUT2D eigenvalue weighted by atomic mass is 15.1. The highest BCUT2D eigenvalue weighted by molar-refractivity contribution is 5.48. The first-order valence-corrected chi connectivity index (χ1v) is 6.83. The van der Waals surface area contributed by atoms with E-state index in [9.17, 15) is 0 Å². The van der Waals surface area contributed by atoms with Crippen molar-refractivity contribution in [3.63, 3.8) is 0 Å². The molecule has 0 amide bonds. The Morgan fingerprint density at radius 1 is 1.06 bits per heavy atom. The molecule has 0 spiro atoms. The maximum absolute atomic E-state index is 4.58. The minimum absolute atomic E-state index is 0.332. The highest BCUT2D eigenvalue weighted by Crippen LogP contribution is 2.18. The second kappa shape index (κ2) is 6.57. The Bertz CT molecular complexity index is 374. The Hall–Kier alpha value is -1.32. The van der Waals surface area contributed by atoms with Crippen LogP contribution >= 0.6 is 0 Å². The van der Waals surface area contributed by atoms with Crippen molar-refractivity contribution in [2.24, 2.45) is 5.92 Å². The van der Waals surface area contributed by atoms with E-state index in [2.05, 4.69) is 62.1 Å². The van der Waals surface area contributed by atoms with Crippen LogP contribution in [0.15, 0.2) is 6.07 Å². The molecule has 1 aromatic heterocycles. The lowest BCUT2D eigenvalue weighted by atomic mass is 10.1. The molecule has 4 nitrogen and oxygen atoms in total. The number of nitrogens with one attached hydrogen (secondary N) is 2. The number of hydrogen-bond acceptors (Lipinski definition) is 4. The van der Waals surface area contributed by atoms with Gasteiger partial charge < -0.3 is 10.6 Å². The number of rotatable bonds is 6. The van der Waals surface area contributed by atoms with Gasteiger partial charge in [0.15, 0.2) is 0 Å². The van der Waals surface area contributed by atoms with Gasteiger partial charge in [-0.1, -0.05) is 27.7 Å². The molecule has 18 heavy (non-hydrogen) atoms. The molecule has 0 bridgehead atoms. The normalized spacial score (nSPS) is 12.9. The average molecular weight is 250 g/mol. The fourth-order valence-electron chi connectivity index (χ4n) is 1.47. The Labute approximate surface area is 111 Å². The molecular weight excluding hydrogens is 224 g/mol. The van der Waals surface area contributed by atoms with Gasteiger partial charge in [0.2, 0.25) is 0 Å². The molecule has 1 unspecified atom stereocenters. The van der Waals surface area contributed by atoms with Gasteiger partial charge in [-0.25, -0.2) is 9.97 Å². The molecule has 4 heteroatoms. The van der Waals surface area contributed by atoms with Crippen LogP contribution in [0, 0.1) is 5.92 Å². The predicted molar refractivity (Wildman–Crippen MR) is 78.2 cm³/mol. The monoisotopic (exact) mass is 250 g/mol. The zero-order valence-electron chi connectivity index (χ0n) is 12.4. The third-order valence-corrected chi connectivity index (χ3v) is 2.99. The lowest BCUT2D eigenvalue weighted by Crippen LogP contribution is -2.22. The predicted octanol–water partition coefficient (Wildman–Crippen LogP) is 3.49. The van der Waals surface area contributed by atoms with E-state index in [0.717, 1.165) is 24.0 Å². The molecule has 0 saturated heterocycles. The zero-order valence-corrected chi connectivity index (χ0v) is 12.4. The summed E-state index contributed by atoms with van der Waals surface area (Å²) < 4.78 is 0. The average Bonchev–Trinajstić information content (AvgIpc) is 2.28. The first kappa shape index (κ1) is 14.7. The first-order chi connectivity index (χ1) is 8.43. The molecule has 1 atom stereocenters. The van der Waals surface area contributed by atoms with E-state index in [4.69, 9.17) is 0 Å². The lowest BCUT2D eigenvalue weighted by Gasteiger charge is -2.19. The second-order valence-electron chi connectivity index (χ2n) is 5.36. The molecule has 0 aromatic carbocycles. The summed E-state index contributed by atoms with van der Waals surface area (Å²) in [5.41, 5.74) is 0. The van der Waals surface area contributed by atoms with Gasteiger partial charge in [-0.15, -0.1) is 0 Å². The molecule has 0 fully saturated rings. The number of anilines is 2. The number of nitrogens with zero attached hydrogens (tertiary/aromatic N) is 2. The van der Waals surface area contributed by atoms with Crippen LogP contribution in [0.4, 0.5) is 11.6 Å². The smallest absolute Gasteiger partial charge is 0.135 e. The standard InChI is InChI=1S/C14H26N4/c1-7-15-12-8-13(16-11(6)9(2)3)18-14(17-12)10(4)5/h8-11H,7H2,1-6H3,(H2,15,16,17,18). The molecule has 0 aliphatic rings. The third kappa shape index (κ3) is 4.17. The van der Waals surface area contributed by atoms with Gasteiger partial charge in [0.1, 0.15) is 17.5 Å². The topological polar surface area (TPSA) is 49.8 Å². The van der Waals surface area contributed by atoms with Crippen molar-refractivity contribution in [3.8, 4) is 0 Å². The summed E-state index contributed by atoms with van der Waals surface area (Å²) in [6.07, 6.45) is 0. The van der Waals surface area contributed by atoms with Crippen LogP contribution in [-0.2, 0) is 0 Å². The molecule has 0 radical (unpaired) electrons. The fraction of sp³-hybridized carbons (Fsp3) is 0.714. The van der Waals surface area contributed by atoms with E-state index in [-0.39, 0.29) is 0 Å². The van der Waals surface area contributed by atoms with Gasteiger partial charge in [0, 0.05) is 24.6 Å². The minimum Gasteiger partial charge on any atom is -0.370 e. The third-order valence-electron chi connectivity index (χ3n) is 2.99. The maximum Gasteiger partial charge on any atom is 0.135 e. The van der Waals surface area contributed by atoms with Crippen LogP contribution in [0.5, 0.6) is 0 Å². The van der Waals surface area contributed by atoms with E-state index in [1.807, 2.05) is 6.07 Å². The van der Waals surface area contributed by atoms with Crippen LogP contribution < -0.4 is 10.6 Å². The van der Waals surface area contributed by atoms with Gasteiger partial charge in [-0.05, 0) is 19.8 Å². The van der Waals surface area contributed by atoms with E-state index < -0.39 is 0 Å². The Morgan fingerprint density at radius 2 is 1.67 bits per heavy atom. The summed E-state index contributed by atoms with van der Waals surface area (Å²) in [5, 5.41) is 6.70. The van der Waals surface area contributed by atoms with Crippen molar-refractivity contribution in [2.75, 3.05) is 17.2 Å². The van der Waals surface area contributed by atoms with Crippen LogP contribution in [0.1, 0.15) is 53.3 Å². The lowest BCUT2D eigenvalue weighted by molar-refractivity contribution is 0.557. The molecule has 0 aliphatic heterocycles. The zero-order chi connectivity index (χ0) is 13.7. The van der Waals surface area contributed by atoms with Crippen LogP contribution in [0.25, 0.3) is 0 Å². The molecule has 102 valence electrons. The summed E-state index contributed by atoms with van der Waals surface area (Å²) >= 11 is 0. The number of hydrogen-bond donors (Lipinski definition) is 2. The van der Waals surface area contributed by atoms with Gasteiger partial charge >= 0.3 is 0 Å². The van der Waals surface area contributed by atoms with E-state index in [1.165, 1.54) is 0 Å². The Morgan fingerprint density at radius 3 is 2.17 bits per heavy atom. The van der Waals surface area contributed by atoms with E-state index >= 15 is 0 Å². The van der Waals surface area contributed by atoms with Crippen molar-refractivity contribution < 1.29 is 0 Å². The number of aromatic nitrogens is 2. The van der Waals surface area contributed by atoms with Gasteiger partial charge in [0.05, 0.1) is 0 Å². The van der Waals surface area contributed by atoms with E-state index in [1.54, 1.807) is 0 Å². The highest BCUT2D eigenvalue weighted by Gasteiger charge is 2.11. The fourth-order valence-corrected chi connectivity index (χ4v) is 1.47. The van der Waals surface area contributed by atoms with Gasteiger partial charge in [-0.3, -0.25) is 0 Å². The van der Waals surface area contributed by atoms with Crippen molar-refractivity contribution in [2.45, 2.75) is 53.5 Å². The largest absolute Gasteiger partial charge is 0.370 e. The molecule has 0 saturated carbocycles. The van der Waals surface area contributed by atoms with E-state index in [0.29, 0.717) is 17.9 Å². The maximum atomic E-state index is 4.58. The van der Waals surface area contributed by atoms with Gasteiger partial charge in [-0.2, -0.15) is 0 Å². The minimum atomic E-state index is 0.332. The molecule has 2 N–H and O–H groups in total. The van der Waals surface area contributed by atoms with Crippen molar-refractivity contribution in [3.05, 3.63) is 11.9 Å². The summed E-state index contributed by atoms with van der Waals surface area (Å²) in [6.45, 7) is 13.7. The molecule has 1 heterocycles. The summed E-state index contributed by atoms with van der Waals surface area (Å²) in [6, 6.07) is 2.38. The SMILES string of the molecule is CCNc1cc(NC(C)C(C)C)nc(C(C)C)n1. The second-order valence-corrected chi connectivity index (χ2v) is 5.36. The Balaban J connectivity index is 2.95. The van der Waals surface area contributed by atoms with Crippen LogP contribution in [0.2, 0.25) is 0 Å². The summed E-state index contributed by atoms with van der Waals surface area (Å²) in [5.74, 6) is 3.59. The van der Waals surface area contributed by atoms with Crippen molar-refractivity contribution in [1.82, 2.24) is 9.97 Å². The van der Waals surface area contributed by atoms with Crippen molar-refractivity contribution >= 4 is 11.6 Å².